The normalized spacial score (nSPS) is 11.0. The van der Waals surface area contributed by atoms with Crippen LogP contribution < -0.4 is 10.2 Å². The molecule has 7 nitrogen and oxygen atoms in total. The van der Waals surface area contributed by atoms with Crippen LogP contribution in [0.3, 0.4) is 0 Å². The molecule has 30 heavy (non-hydrogen) atoms. The van der Waals surface area contributed by atoms with E-state index in [9.17, 15) is 14.9 Å². The Balaban J connectivity index is 1.64. The van der Waals surface area contributed by atoms with E-state index in [0.717, 1.165) is 27.7 Å². The molecule has 0 fully saturated rings. The molecule has 1 amide bonds. The molecule has 0 aliphatic rings. The second-order valence-electron chi connectivity index (χ2n) is 6.38. The van der Waals surface area contributed by atoms with Gasteiger partial charge in [-0.15, -0.1) is 11.8 Å². The molecule has 0 heterocycles. The topological polar surface area (TPSA) is 93.8 Å². The Bertz CT molecular complexity index is 1070. The molecular formula is C22H21N3O4S. The van der Waals surface area contributed by atoms with Crippen LogP contribution in [0.2, 0.25) is 0 Å². The van der Waals surface area contributed by atoms with Crippen molar-refractivity contribution in [2.45, 2.75) is 18.2 Å². The first-order valence-corrected chi connectivity index (χ1v) is 10.4. The second-order valence-corrected chi connectivity index (χ2v) is 7.43. The predicted molar refractivity (Wildman–Crippen MR) is 119 cm³/mol. The summed E-state index contributed by atoms with van der Waals surface area (Å²) in [5.41, 5.74) is 3.35. The Morgan fingerprint density at radius 3 is 2.67 bits per heavy atom. The first kappa shape index (κ1) is 21.3. The molecule has 0 aromatic heterocycles. The number of non-ortho nitro benzene ring substituents is 1. The van der Waals surface area contributed by atoms with Gasteiger partial charge in [-0.2, -0.15) is 5.10 Å². The van der Waals surface area contributed by atoms with E-state index in [-0.39, 0.29) is 17.3 Å². The summed E-state index contributed by atoms with van der Waals surface area (Å²) in [5.74, 6) is 0.587. The molecule has 0 saturated heterocycles. The summed E-state index contributed by atoms with van der Waals surface area (Å²) in [6.07, 6.45) is 2.49. The predicted octanol–water partition coefficient (Wildman–Crippen LogP) is 4.78. The summed E-state index contributed by atoms with van der Waals surface area (Å²) in [4.78, 5) is 23.1. The molecule has 3 aromatic rings. The molecule has 0 atom stereocenters. The van der Waals surface area contributed by atoms with Gasteiger partial charge in [-0.3, -0.25) is 14.9 Å². The highest BCUT2D eigenvalue weighted by atomic mass is 32.2. The number of nitro groups is 1. The van der Waals surface area contributed by atoms with Gasteiger partial charge in [0, 0.05) is 22.6 Å². The van der Waals surface area contributed by atoms with E-state index < -0.39 is 4.92 Å². The summed E-state index contributed by atoms with van der Waals surface area (Å²) in [7, 11) is 0. The van der Waals surface area contributed by atoms with Crippen LogP contribution in [-0.2, 0) is 4.79 Å². The van der Waals surface area contributed by atoms with E-state index in [1.54, 1.807) is 18.3 Å². The van der Waals surface area contributed by atoms with E-state index >= 15 is 0 Å². The van der Waals surface area contributed by atoms with Gasteiger partial charge < -0.3 is 4.74 Å². The van der Waals surface area contributed by atoms with Crippen molar-refractivity contribution in [2.75, 3.05) is 12.4 Å². The number of nitro benzene ring substituents is 1. The van der Waals surface area contributed by atoms with Gasteiger partial charge in [0.2, 0.25) is 5.91 Å². The van der Waals surface area contributed by atoms with Crippen molar-refractivity contribution in [3.8, 4) is 5.75 Å². The van der Waals surface area contributed by atoms with Crippen LogP contribution >= 0.6 is 11.8 Å². The van der Waals surface area contributed by atoms with Crippen molar-refractivity contribution in [1.82, 2.24) is 5.43 Å². The van der Waals surface area contributed by atoms with Crippen LogP contribution in [0.4, 0.5) is 5.69 Å². The number of rotatable bonds is 9. The number of hydrazone groups is 1. The molecule has 1 N–H and O–H groups in total. The number of nitrogens with zero attached hydrogens (tertiary/aromatic N) is 2. The zero-order valence-corrected chi connectivity index (χ0v) is 17.2. The van der Waals surface area contributed by atoms with Crippen LogP contribution in [-0.4, -0.2) is 29.4 Å². The fraction of sp³-hybridized carbons (Fsp3) is 0.182. The summed E-state index contributed by atoms with van der Waals surface area (Å²) in [6.45, 7) is 2.63. The maximum absolute atomic E-state index is 12.1. The van der Waals surface area contributed by atoms with Crippen LogP contribution in [0.15, 0.2) is 70.7 Å². The van der Waals surface area contributed by atoms with E-state index in [1.807, 2.05) is 43.3 Å². The van der Waals surface area contributed by atoms with Crippen molar-refractivity contribution < 1.29 is 14.5 Å². The van der Waals surface area contributed by atoms with Gasteiger partial charge in [0.05, 0.1) is 23.5 Å². The van der Waals surface area contributed by atoms with Crippen LogP contribution in [0, 0.1) is 10.1 Å². The van der Waals surface area contributed by atoms with E-state index in [2.05, 4.69) is 10.5 Å². The standard InChI is InChI=1S/C22H21N3O4S/c1-2-13-29-21-12-7-16-5-3-4-6-19(16)20(21)14-23-24-22(26)15-30-18-10-8-17(9-11-18)25(27)28/h3-12,14H,2,13,15H2,1H3,(H,24,26)/b23-14-. The summed E-state index contributed by atoms with van der Waals surface area (Å²) in [6, 6.07) is 17.9. The molecular weight excluding hydrogens is 402 g/mol. The Labute approximate surface area is 178 Å². The smallest absolute Gasteiger partial charge is 0.269 e. The lowest BCUT2D eigenvalue weighted by atomic mass is 10.0. The Kier molecular flexibility index (Phi) is 7.40. The third kappa shape index (κ3) is 5.57. The van der Waals surface area contributed by atoms with Gasteiger partial charge >= 0.3 is 0 Å². The number of hydrogen-bond donors (Lipinski definition) is 1. The molecule has 0 saturated carbocycles. The molecule has 0 aliphatic heterocycles. The maximum Gasteiger partial charge on any atom is 0.269 e. The molecule has 3 aromatic carbocycles. The first-order valence-electron chi connectivity index (χ1n) is 9.42. The van der Waals surface area contributed by atoms with Crippen LogP contribution in [0.1, 0.15) is 18.9 Å². The molecule has 0 bridgehead atoms. The molecule has 0 unspecified atom stereocenters. The minimum absolute atomic E-state index is 0.0181. The quantitative estimate of drug-likeness (QED) is 0.231. The second kappa shape index (κ2) is 10.4. The highest BCUT2D eigenvalue weighted by Gasteiger charge is 2.08. The minimum Gasteiger partial charge on any atom is -0.493 e. The fourth-order valence-corrected chi connectivity index (χ4v) is 3.45. The van der Waals surface area contributed by atoms with Gasteiger partial charge in [-0.25, -0.2) is 5.43 Å². The number of fused-ring (bicyclic) bond motifs is 1. The summed E-state index contributed by atoms with van der Waals surface area (Å²) < 4.78 is 5.83. The zero-order chi connectivity index (χ0) is 21.3. The lowest BCUT2D eigenvalue weighted by molar-refractivity contribution is -0.384. The number of hydrogen-bond acceptors (Lipinski definition) is 6. The summed E-state index contributed by atoms with van der Waals surface area (Å²) >= 11 is 1.28. The monoisotopic (exact) mass is 423 g/mol. The van der Waals surface area contributed by atoms with Gasteiger partial charge in [0.25, 0.3) is 5.69 Å². The molecule has 8 heteroatoms. The lowest BCUT2D eigenvalue weighted by Gasteiger charge is -2.11. The van der Waals surface area contributed by atoms with Crippen LogP contribution in [0.5, 0.6) is 5.75 Å². The van der Waals surface area contributed by atoms with Crippen LogP contribution in [0.25, 0.3) is 10.8 Å². The number of carbonyl (C=O) groups excluding carboxylic acids is 1. The fourth-order valence-electron chi connectivity index (χ4n) is 2.76. The average Bonchev–Trinajstić information content (AvgIpc) is 2.77. The zero-order valence-electron chi connectivity index (χ0n) is 16.4. The SMILES string of the molecule is CCCOc1ccc2ccccc2c1/C=N\NC(=O)CSc1ccc([N+](=O)[O-])cc1. The van der Waals surface area contributed by atoms with Gasteiger partial charge in [0.1, 0.15) is 5.75 Å². The average molecular weight is 423 g/mol. The van der Waals surface area contributed by atoms with E-state index in [1.165, 1.54) is 23.9 Å². The minimum atomic E-state index is -0.457. The van der Waals surface area contributed by atoms with Crippen molar-refractivity contribution in [3.05, 3.63) is 76.3 Å². The summed E-state index contributed by atoms with van der Waals surface area (Å²) in [5, 5.41) is 16.8. The molecule has 3 rings (SSSR count). The number of ether oxygens (including phenoxy) is 1. The maximum atomic E-state index is 12.1. The van der Waals surface area contributed by atoms with Crippen molar-refractivity contribution in [2.24, 2.45) is 5.10 Å². The number of amides is 1. The highest BCUT2D eigenvalue weighted by molar-refractivity contribution is 8.00. The Morgan fingerprint density at radius 1 is 1.17 bits per heavy atom. The van der Waals surface area contributed by atoms with Gasteiger partial charge in [0.15, 0.2) is 0 Å². The molecule has 0 spiro atoms. The first-order chi connectivity index (χ1) is 14.6. The number of nitrogens with one attached hydrogen (secondary N) is 1. The number of carbonyl (C=O) groups is 1. The van der Waals surface area contributed by atoms with Gasteiger partial charge in [-0.05, 0) is 35.4 Å². The highest BCUT2D eigenvalue weighted by Crippen LogP contribution is 2.27. The molecule has 0 radical (unpaired) electrons. The largest absolute Gasteiger partial charge is 0.493 e. The van der Waals surface area contributed by atoms with Crippen molar-refractivity contribution in [1.29, 1.82) is 0 Å². The Hall–Kier alpha value is -3.39. The number of benzene rings is 3. The van der Waals surface area contributed by atoms with Crippen molar-refractivity contribution in [3.63, 3.8) is 0 Å². The van der Waals surface area contributed by atoms with Gasteiger partial charge in [-0.1, -0.05) is 37.3 Å². The third-order valence-corrected chi connectivity index (χ3v) is 5.20. The van der Waals surface area contributed by atoms with E-state index in [4.69, 9.17) is 4.74 Å². The van der Waals surface area contributed by atoms with E-state index in [0.29, 0.717) is 12.4 Å². The van der Waals surface area contributed by atoms with Crippen molar-refractivity contribution >= 4 is 40.3 Å². The lowest BCUT2D eigenvalue weighted by Crippen LogP contribution is -2.19. The molecule has 154 valence electrons. The Morgan fingerprint density at radius 2 is 1.93 bits per heavy atom. The third-order valence-electron chi connectivity index (χ3n) is 4.19. The number of thioether (sulfide) groups is 1. The molecule has 0 aliphatic carbocycles.